The van der Waals surface area contributed by atoms with E-state index < -0.39 is 0 Å². The lowest BCUT2D eigenvalue weighted by molar-refractivity contribution is 0.101. The van der Waals surface area contributed by atoms with Gasteiger partial charge in [0.2, 0.25) is 0 Å². The highest BCUT2D eigenvalue weighted by molar-refractivity contribution is 9.10. The number of aryl methyl sites for hydroxylation is 1. The average Bonchev–Trinajstić information content (AvgIpc) is 2.42. The van der Waals surface area contributed by atoms with Crippen molar-refractivity contribution in [2.75, 3.05) is 5.32 Å². The summed E-state index contributed by atoms with van der Waals surface area (Å²) in [6.45, 7) is 3.46. The van der Waals surface area contributed by atoms with Crippen LogP contribution in [0, 0.1) is 6.92 Å². The summed E-state index contributed by atoms with van der Waals surface area (Å²) in [5.74, 6) is -0.231. The molecule has 0 atom stereocenters. The maximum absolute atomic E-state index is 12.1. The van der Waals surface area contributed by atoms with E-state index in [1.54, 1.807) is 36.4 Å². The van der Waals surface area contributed by atoms with Crippen molar-refractivity contribution in [3.8, 4) is 0 Å². The summed E-state index contributed by atoms with van der Waals surface area (Å²) >= 11 is 3.41. The van der Waals surface area contributed by atoms with Gasteiger partial charge >= 0.3 is 0 Å². The second-order valence-electron chi connectivity index (χ2n) is 4.56. The van der Waals surface area contributed by atoms with E-state index in [1.165, 1.54) is 6.92 Å². The number of carbonyl (C=O) groups excluding carboxylic acids is 2. The quantitative estimate of drug-likeness (QED) is 0.856. The van der Waals surface area contributed by atoms with Gasteiger partial charge in [-0.05, 0) is 43.7 Å². The standard InChI is InChI=1S/C16H14BrNO2/c1-10-6-7-13(9-15(10)17)16(20)18-14-5-3-4-12(8-14)11(2)19/h3-9H,1-2H3,(H,18,20). The number of ketones is 1. The zero-order chi connectivity index (χ0) is 14.7. The van der Waals surface area contributed by atoms with E-state index in [4.69, 9.17) is 0 Å². The van der Waals surface area contributed by atoms with Gasteiger partial charge in [0.15, 0.2) is 5.78 Å². The number of halogens is 1. The molecule has 0 spiro atoms. The normalized spacial score (nSPS) is 10.2. The molecule has 0 saturated heterocycles. The van der Waals surface area contributed by atoms with Crippen molar-refractivity contribution in [1.82, 2.24) is 0 Å². The molecule has 1 amide bonds. The minimum absolute atomic E-state index is 0.0285. The van der Waals surface area contributed by atoms with Crippen LogP contribution in [0.25, 0.3) is 0 Å². The van der Waals surface area contributed by atoms with Gasteiger partial charge in [-0.1, -0.05) is 34.1 Å². The number of nitrogens with one attached hydrogen (secondary N) is 1. The molecule has 0 radical (unpaired) electrons. The summed E-state index contributed by atoms with van der Waals surface area (Å²) < 4.78 is 0.891. The molecule has 0 bridgehead atoms. The highest BCUT2D eigenvalue weighted by Gasteiger charge is 2.08. The summed E-state index contributed by atoms with van der Waals surface area (Å²) in [6.07, 6.45) is 0. The fourth-order valence-electron chi connectivity index (χ4n) is 1.75. The first-order chi connectivity index (χ1) is 9.47. The molecule has 0 aliphatic heterocycles. The van der Waals surface area contributed by atoms with Crippen molar-refractivity contribution in [1.29, 1.82) is 0 Å². The second-order valence-corrected chi connectivity index (χ2v) is 5.41. The molecule has 0 heterocycles. The van der Waals surface area contributed by atoms with Crippen LogP contribution in [0.3, 0.4) is 0 Å². The zero-order valence-electron chi connectivity index (χ0n) is 11.2. The molecule has 0 saturated carbocycles. The lowest BCUT2D eigenvalue weighted by Crippen LogP contribution is -2.12. The fraction of sp³-hybridized carbons (Fsp3) is 0.125. The molecule has 2 rings (SSSR count). The average molecular weight is 332 g/mol. The summed E-state index contributed by atoms with van der Waals surface area (Å²) in [5.41, 5.74) is 2.82. The van der Waals surface area contributed by atoms with Gasteiger partial charge in [0.25, 0.3) is 5.91 Å². The van der Waals surface area contributed by atoms with Crippen LogP contribution in [0.4, 0.5) is 5.69 Å². The predicted octanol–water partition coefficient (Wildman–Crippen LogP) is 4.21. The maximum Gasteiger partial charge on any atom is 0.255 e. The van der Waals surface area contributed by atoms with Gasteiger partial charge in [0, 0.05) is 21.3 Å². The number of hydrogen-bond donors (Lipinski definition) is 1. The molecule has 0 aliphatic carbocycles. The van der Waals surface area contributed by atoms with Crippen LogP contribution in [-0.4, -0.2) is 11.7 Å². The molecule has 0 aromatic heterocycles. The monoisotopic (exact) mass is 331 g/mol. The van der Waals surface area contributed by atoms with Crippen LogP contribution in [0.5, 0.6) is 0 Å². The van der Waals surface area contributed by atoms with Crippen LogP contribution < -0.4 is 5.32 Å². The smallest absolute Gasteiger partial charge is 0.255 e. The van der Waals surface area contributed by atoms with Gasteiger partial charge in [-0.3, -0.25) is 9.59 Å². The lowest BCUT2D eigenvalue weighted by Gasteiger charge is -2.07. The number of amides is 1. The maximum atomic E-state index is 12.1. The molecule has 20 heavy (non-hydrogen) atoms. The number of Topliss-reactive ketones (excluding diaryl/α,β-unsaturated/α-hetero) is 1. The van der Waals surface area contributed by atoms with Crippen LogP contribution in [-0.2, 0) is 0 Å². The molecule has 1 N–H and O–H groups in total. The van der Waals surface area contributed by atoms with Crippen LogP contribution in [0.1, 0.15) is 33.2 Å². The molecular weight excluding hydrogens is 318 g/mol. The van der Waals surface area contributed by atoms with Crippen molar-refractivity contribution in [3.05, 3.63) is 63.6 Å². The van der Waals surface area contributed by atoms with Gasteiger partial charge in [-0.2, -0.15) is 0 Å². The topological polar surface area (TPSA) is 46.2 Å². The van der Waals surface area contributed by atoms with Gasteiger partial charge < -0.3 is 5.32 Å². The van der Waals surface area contributed by atoms with Gasteiger partial charge in [0.05, 0.1) is 0 Å². The van der Waals surface area contributed by atoms with Crippen molar-refractivity contribution < 1.29 is 9.59 Å². The predicted molar refractivity (Wildman–Crippen MR) is 83.3 cm³/mol. The Balaban J connectivity index is 2.21. The Hall–Kier alpha value is -1.94. The second kappa shape index (κ2) is 6.01. The number of benzene rings is 2. The van der Waals surface area contributed by atoms with Crippen molar-refractivity contribution in [3.63, 3.8) is 0 Å². The molecular formula is C16H14BrNO2. The minimum atomic E-state index is -0.202. The molecule has 2 aromatic rings. The first-order valence-electron chi connectivity index (χ1n) is 6.16. The van der Waals surface area contributed by atoms with Crippen molar-refractivity contribution in [2.24, 2.45) is 0 Å². The molecule has 102 valence electrons. The van der Waals surface area contributed by atoms with E-state index in [0.717, 1.165) is 10.0 Å². The van der Waals surface area contributed by atoms with Crippen molar-refractivity contribution in [2.45, 2.75) is 13.8 Å². The van der Waals surface area contributed by atoms with Gasteiger partial charge in [-0.15, -0.1) is 0 Å². The first-order valence-corrected chi connectivity index (χ1v) is 6.95. The van der Waals surface area contributed by atoms with E-state index in [-0.39, 0.29) is 11.7 Å². The number of anilines is 1. The third kappa shape index (κ3) is 3.33. The Kier molecular flexibility index (Phi) is 4.35. The summed E-state index contributed by atoms with van der Waals surface area (Å²) in [4.78, 5) is 23.5. The van der Waals surface area contributed by atoms with E-state index in [1.807, 2.05) is 13.0 Å². The molecule has 4 heteroatoms. The number of rotatable bonds is 3. The Labute approximate surface area is 126 Å². The SMILES string of the molecule is CC(=O)c1cccc(NC(=O)c2ccc(C)c(Br)c2)c1. The highest BCUT2D eigenvalue weighted by atomic mass is 79.9. The number of hydrogen-bond acceptors (Lipinski definition) is 2. The number of carbonyl (C=O) groups is 2. The first kappa shape index (κ1) is 14.5. The third-order valence-corrected chi connectivity index (χ3v) is 3.82. The van der Waals surface area contributed by atoms with Gasteiger partial charge in [-0.25, -0.2) is 0 Å². The van der Waals surface area contributed by atoms with Crippen LogP contribution in [0.15, 0.2) is 46.9 Å². The Bertz CT molecular complexity index is 680. The summed E-state index contributed by atoms with van der Waals surface area (Å²) in [6, 6.07) is 12.3. The summed E-state index contributed by atoms with van der Waals surface area (Å²) in [5, 5.41) is 2.79. The van der Waals surface area contributed by atoms with Crippen molar-refractivity contribution >= 4 is 33.3 Å². The molecule has 0 aliphatic rings. The van der Waals surface area contributed by atoms with E-state index in [9.17, 15) is 9.59 Å². The molecule has 0 fully saturated rings. The lowest BCUT2D eigenvalue weighted by atomic mass is 10.1. The van der Waals surface area contributed by atoms with Gasteiger partial charge in [0.1, 0.15) is 0 Å². The Morgan fingerprint density at radius 1 is 1.05 bits per heavy atom. The Morgan fingerprint density at radius 3 is 2.45 bits per heavy atom. The summed E-state index contributed by atoms with van der Waals surface area (Å²) in [7, 11) is 0. The highest BCUT2D eigenvalue weighted by Crippen LogP contribution is 2.19. The Morgan fingerprint density at radius 2 is 1.80 bits per heavy atom. The fourth-order valence-corrected chi connectivity index (χ4v) is 2.13. The van der Waals surface area contributed by atoms with Crippen LogP contribution in [0.2, 0.25) is 0 Å². The van der Waals surface area contributed by atoms with Crippen LogP contribution >= 0.6 is 15.9 Å². The third-order valence-electron chi connectivity index (χ3n) is 2.96. The zero-order valence-corrected chi connectivity index (χ0v) is 12.8. The molecule has 0 unspecified atom stereocenters. The molecule has 2 aromatic carbocycles. The van der Waals surface area contributed by atoms with E-state index in [2.05, 4.69) is 21.2 Å². The van der Waals surface area contributed by atoms with E-state index >= 15 is 0 Å². The molecule has 3 nitrogen and oxygen atoms in total. The largest absolute Gasteiger partial charge is 0.322 e. The van der Waals surface area contributed by atoms with E-state index in [0.29, 0.717) is 16.8 Å². The minimum Gasteiger partial charge on any atom is -0.322 e.